The highest BCUT2D eigenvalue weighted by molar-refractivity contribution is 6.26. The van der Waals surface area contributed by atoms with Crippen molar-refractivity contribution < 1.29 is 28.6 Å². The van der Waals surface area contributed by atoms with Crippen LogP contribution in [0, 0.1) is 0 Å². The Balaban J connectivity index is 1.46. The molecule has 3 aromatic carbocycles. The Morgan fingerprint density at radius 2 is 1.64 bits per heavy atom. The Bertz CT molecular complexity index is 1320. The van der Waals surface area contributed by atoms with E-state index >= 15 is 0 Å². The maximum atomic E-state index is 13.5. The molecule has 168 valence electrons. The number of benzene rings is 3. The standard InChI is InChI=1S/C25H22N2O6/c1-30-20-11-10-18(22(31-2)23(20)32-3)19-13-25(33-26-19)14-21(28)27(24(25)29)17-9-8-15-6-4-5-7-16(15)12-17/h4-12H,13-14H2,1-3H3/t25-/m0/s1. The predicted molar refractivity (Wildman–Crippen MR) is 122 cm³/mol. The highest BCUT2D eigenvalue weighted by Crippen LogP contribution is 2.44. The number of fused-ring (bicyclic) bond motifs is 1. The number of oxime groups is 1. The van der Waals surface area contributed by atoms with Gasteiger partial charge in [0.1, 0.15) is 0 Å². The lowest BCUT2D eigenvalue weighted by molar-refractivity contribution is -0.136. The molecule has 1 fully saturated rings. The Hall–Kier alpha value is -4.07. The summed E-state index contributed by atoms with van der Waals surface area (Å²) in [5, 5.41) is 6.15. The second kappa shape index (κ2) is 7.81. The van der Waals surface area contributed by atoms with Gasteiger partial charge in [-0.3, -0.25) is 9.59 Å². The van der Waals surface area contributed by atoms with Gasteiger partial charge in [0.05, 0.1) is 39.1 Å². The van der Waals surface area contributed by atoms with Crippen LogP contribution in [0.25, 0.3) is 10.8 Å². The Kier molecular flexibility index (Phi) is 4.92. The second-order valence-corrected chi connectivity index (χ2v) is 7.92. The number of methoxy groups -OCH3 is 3. The smallest absolute Gasteiger partial charge is 0.281 e. The molecule has 0 aromatic heterocycles. The van der Waals surface area contributed by atoms with Gasteiger partial charge in [0, 0.05) is 12.0 Å². The fourth-order valence-electron chi connectivity index (χ4n) is 4.45. The van der Waals surface area contributed by atoms with E-state index in [2.05, 4.69) is 5.16 Å². The summed E-state index contributed by atoms with van der Waals surface area (Å²) in [4.78, 5) is 33.3. The fraction of sp³-hybridized carbons (Fsp3) is 0.240. The van der Waals surface area contributed by atoms with Gasteiger partial charge in [-0.05, 0) is 35.0 Å². The first-order valence-electron chi connectivity index (χ1n) is 10.4. The van der Waals surface area contributed by atoms with Crippen LogP contribution < -0.4 is 19.1 Å². The maximum Gasteiger partial charge on any atom is 0.281 e. The van der Waals surface area contributed by atoms with E-state index < -0.39 is 11.5 Å². The first-order valence-corrected chi connectivity index (χ1v) is 10.4. The molecule has 1 saturated heterocycles. The van der Waals surface area contributed by atoms with E-state index in [0.29, 0.717) is 34.2 Å². The Labute approximate surface area is 190 Å². The van der Waals surface area contributed by atoms with Gasteiger partial charge in [-0.25, -0.2) is 4.90 Å². The fourth-order valence-corrected chi connectivity index (χ4v) is 4.45. The molecule has 5 rings (SSSR count). The lowest BCUT2D eigenvalue weighted by atomic mass is 9.92. The predicted octanol–water partition coefficient (Wildman–Crippen LogP) is 3.69. The molecule has 8 nitrogen and oxygen atoms in total. The van der Waals surface area contributed by atoms with Crippen LogP contribution in [0.15, 0.2) is 59.8 Å². The largest absolute Gasteiger partial charge is 0.493 e. The summed E-state index contributed by atoms with van der Waals surface area (Å²) < 4.78 is 16.3. The Morgan fingerprint density at radius 1 is 0.879 bits per heavy atom. The molecule has 0 bridgehead atoms. The first kappa shape index (κ1) is 20.8. The number of carbonyl (C=O) groups excluding carboxylic acids is 2. The molecule has 2 aliphatic heterocycles. The monoisotopic (exact) mass is 446 g/mol. The number of rotatable bonds is 5. The van der Waals surface area contributed by atoms with Crippen LogP contribution in [0.5, 0.6) is 17.2 Å². The maximum absolute atomic E-state index is 13.5. The molecule has 0 radical (unpaired) electrons. The molecule has 0 N–H and O–H groups in total. The summed E-state index contributed by atoms with van der Waals surface area (Å²) in [5.74, 6) is 0.570. The highest BCUT2D eigenvalue weighted by atomic mass is 16.7. The number of ether oxygens (including phenoxy) is 3. The lowest BCUT2D eigenvalue weighted by Crippen LogP contribution is -2.40. The van der Waals surface area contributed by atoms with Crippen molar-refractivity contribution in [3.8, 4) is 17.2 Å². The number of amides is 2. The van der Waals surface area contributed by atoms with Gasteiger partial charge in [-0.15, -0.1) is 0 Å². The van der Waals surface area contributed by atoms with E-state index in [1.807, 2.05) is 36.4 Å². The van der Waals surface area contributed by atoms with Crippen molar-refractivity contribution in [3.05, 3.63) is 60.2 Å². The number of hydrogen-bond acceptors (Lipinski definition) is 7. The molecule has 2 aliphatic rings. The first-order chi connectivity index (χ1) is 16.0. The van der Waals surface area contributed by atoms with Crippen LogP contribution in [-0.4, -0.2) is 44.5 Å². The van der Waals surface area contributed by atoms with E-state index in [1.54, 1.807) is 18.2 Å². The van der Waals surface area contributed by atoms with Crippen LogP contribution in [0.1, 0.15) is 18.4 Å². The van der Waals surface area contributed by atoms with Crippen LogP contribution >= 0.6 is 0 Å². The molecule has 33 heavy (non-hydrogen) atoms. The van der Waals surface area contributed by atoms with Crippen molar-refractivity contribution in [2.24, 2.45) is 5.16 Å². The molecule has 3 aromatic rings. The number of nitrogens with zero attached hydrogens (tertiary/aromatic N) is 2. The molecule has 1 spiro atoms. The molecule has 1 atom stereocenters. The van der Waals surface area contributed by atoms with Crippen LogP contribution in [-0.2, 0) is 14.4 Å². The SMILES string of the molecule is COc1ccc(C2=NO[C@]3(CC(=O)N(c4ccc5ccccc5c4)C3=O)C2)c(OC)c1OC. The number of hydrogen-bond donors (Lipinski definition) is 0. The summed E-state index contributed by atoms with van der Waals surface area (Å²) in [7, 11) is 4.56. The van der Waals surface area contributed by atoms with E-state index in [0.717, 1.165) is 10.8 Å². The second-order valence-electron chi connectivity index (χ2n) is 7.92. The molecule has 8 heteroatoms. The van der Waals surface area contributed by atoms with Gasteiger partial charge in [0.2, 0.25) is 17.3 Å². The van der Waals surface area contributed by atoms with Gasteiger partial charge < -0.3 is 19.0 Å². The van der Waals surface area contributed by atoms with Gasteiger partial charge in [0.25, 0.3) is 5.91 Å². The van der Waals surface area contributed by atoms with Gasteiger partial charge in [-0.2, -0.15) is 0 Å². The van der Waals surface area contributed by atoms with Crippen molar-refractivity contribution in [2.45, 2.75) is 18.4 Å². The minimum atomic E-state index is -1.38. The van der Waals surface area contributed by atoms with Gasteiger partial charge in [-0.1, -0.05) is 35.5 Å². The number of anilines is 1. The molecular formula is C25H22N2O6. The zero-order valence-corrected chi connectivity index (χ0v) is 18.5. The Morgan fingerprint density at radius 3 is 2.36 bits per heavy atom. The average molecular weight is 446 g/mol. The van der Waals surface area contributed by atoms with Crippen molar-refractivity contribution in [3.63, 3.8) is 0 Å². The lowest BCUT2D eigenvalue weighted by Gasteiger charge is -2.20. The third kappa shape index (κ3) is 3.17. The molecule has 0 aliphatic carbocycles. The summed E-state index contributed by atoms with van der Waals surface area (Å²) in [6.45, 7) is 0. The van der Waals surface area contributed by atoms with Crippen molar-refractivity contribution >= 4 is 34.0 Å². The topological polar surface area (TPSA) is 86.7 Å². The summed E-state index contributed by atoms with van der Waals surface area (Å²) in [6.07, 6.45) is 0.0365. The normalized spacial score (nSPS) is 19.7. The molecular weight excluding hydrogens is 424 g/mol. The van der Waals surface area contributed by atoms with E-state index in [-0.39, 0.29) is 18.7 Å². The highest BCUT2D eigenvalue weighted by Gasteiger charge is 2.58. The van der Waals surface area contributed by atoms with Gasteiger partial charge >= 0.3 is 0 Å². The molecule has 2 heterocycles. The zero-order valence-electron chi connectivity index (χ0n) is 18.5. The van der Waals surface area contributed by atoms with Crippen LogP contribution in [0.2, 0.25) is 0 Å². The zero-order chi connectivity index (χ0) is 23.2. The molecule has 2 amide bonds. The summed E-state index contributed by atoms with van der Waals surface area (Å²) in [6, 6.07) is 16.8. The number of carbonyl (C=O) groups is 2. The third-order valence-corrected chi connectivity index (χ3v) is 6.07. The number of imide groups is 1. The molecule has 0 saturated carbocycles. The quantitative estimate of drug-likeness (QED) is 0.556. The minimum Gasteiger partial charge on any atom is -0.493 e. The van der Waals surface area contributed by atoms with Crippen LogP contribution in [0.3, 0.4) is 0 Å². The average Bonchev–Trinajstić information content (AvgIpc) is 3.37. The third-order valence-electron chi connectivity index (χ3n) is 6.07. The van der Waals surface area contributed by atoms with Crippen molar-refractivity contribution in [2.75, 3.05) is 26.2 Å². The molecule has 0 unspecified atom stereocenters. The van der Waals surface area contributed by atoms with E-state index in [1.165, 1.54) is 26.2 Å². The minimum absolute atomic E-state index is 0.0960. The summed E-state index contributed by atoms with van der Waals surface area (Å²) >= 11 is 0. The van der Waals surface area contributed by atoms with Crippen LogP contribution in [0.4, 0.5) is 5.69 Å². The van der Waals surface area contributed by atoms with Gasteiger partial charge in [0.15, 0.2) is 11.5 Å². The van der Waals surface area contributed by atoms with Crippen molar-refractivity contribution in [1.82, 2.24) is 0 Å². The van der Waals surface area contributed by atoms with Crippen molar-refractivity contribution in [1.29, 1.82) is 0 Å². The summed E-state index contributed by atoms with van der Waals surface area (Å²) in [5.41, 5.74) is 0.239. The van der Waals surface area contributed by atoms with E-state index in [4.69, 9.17) is 19.0 Å². The van der Waals surface area contributed by atoms with E-state index in [9.17, 15) is 9.59 Å².